The van der Waals surface area contributed by atoms with E-state index in [9.17, 15) is 9.59 Å². The number of hydrogen-bond donors (Lipinski definition) is 0. The lowest BCUT2D eigenvalue weighted by molar-refractivity contribution is 0.0761. The molecular weight excluding hydrogens is 396 g/mol. The summed E-state index contributed by atoms with van der Waals surface area (Å²) in [7, 11) is 1.57. The molecule has 1 aromatic heterocycles. The Morgan fingerprint density at radius 3 is 2.37 bits per heavy atom. The number of aromatic nitrogens is 2. The maximum Gasteiger partial charge on any atom is 0.281 e. The molecule has 6 nitrogen and oxygen atoms in total. The molecule has 2 aromatic carbocycles. The van der Waals surface area contributed by atoms with E-state index < -0.39 is 5.54 Å². The quantitative estimate of drug-likeness (QED) is 0.623. The minimum Gasteiger partial charge on any atom is -0.279 e. The summed E-state index contributed by atoms with van der Waals surface area (Å²) in [5.74, 6) is 0.480. The van der Waals surface area contributed by atoms with Crippen LogP contribution in [0.5, 0.6) is 0 Å². The van der Waals surface area contributed by atoms with E-state index in [0.717, 1.165) is 22.6 Å². The molecule has 0 atom stereocenters. The van der Waals surface area contributed by atoms with Crippen LogP contribution in [-0.2, 0) is 7.05 Å². The predicted molar refractivity (Wildman–Crippen MR) is 123 cm³/mol. The van der Waals surface area contributed by atoms with Crippen LogP contribution in [0.4, 0.5) is 5.69 Å². The lowest BCUT2D eigenvalue weighted by Gasteiger charge is -2.30. The van der Waals surface area contributed by atoms with Crippen molar-refractivity contribution in [1.82, 2.24) is 14.7 Å². The van der Waals surface area contributed by atoms with Gasteiger partial charge >= 0.3 is 0 Å². The van der Waals surface area contributed by atoms with Gasteiger partial charge in [-0.2, -0.15) is 5.10 Å². The molecule has 154 valence electrons. The molecule has 2 heterocycles. The second kappa shape index (κ2) is 7.40. The first-order valence-electron chi connectivity index (χ1n) is 9.79. The number of nitrogens with zero attached hydrogens (tertiary/aromatic N) is 4. The molecule has 0 spiro atoms. The van der Waals surface area contributed by atoms with Gasteiger partial charge in [-0.3, -0.25) is 14.5 Å². The van der Waals surface area contributed by atoms with Crippen LogP contribution in [0.25, 0.3) is 10.8 Å². The van der Waals surface area contributed by atoms with Gasteiger partial charge in [-0.15, -0.1) is 0 Å². The van der Waals surface area contributed by atoms with E-state index in [-0.39, 0.29) is 17.2 Å². The highest BCUT2D eigenvalue weighted by Crippen LogP contribution is 2.37. The first-order chi connectivity index (χ1) is 14.2. The number of carbonyl (C=O) groups is 1. The molecule has 0 N–H and O–H groups in total. The number of aryl methyl sites for hydroxylation is 3. The topological polar surface area (TPSA) is 67.6 Å². The SMILES string of the molecule is Cc1cccc(C)c1N=C1SCC(C)(C)N1C(=O)c1nn(C)c(=O)c2ccccc12. The van der Waals surface area contributed by atoms with Crippen molar-refractivity contribution in [3.05, 3.63) is 69.6 Å². The number of para-hydroxylation sites is 1. The number of benzene rings is 2. The normalized spacial score (nSPS) is 17.1. The van der Waals surface area contributed by atoms with Crippen molar-refractivity contribution in [2.24, 2.45) is 12.0 Å². The third-order valence-corrected chi connectivity index (χ3v) is 6.74. The minimum atomic E-state index is -0.436. The molecule has 0 saturated carbocycles. The number of hydrogen-bond acceptors (Lipinski definition) is 5. The van der Waals surface area contributed by atoms with Crippen LogP contribution in [0.15, 0.2) is 52.3 Å². The molecule has 0 aliphatic carbocycles. The zero-order valence-corrected chi connectivity index (χ0v) is 18.6. The van der Waals surface area contributed by atoms with Crippen molar-refractivity contribution in [2.45, 2.75) is 33.2 Å². The number of carbonyl (C=O) groups excluding carboxylic acids is 1. The molecule has 3 aromatic rings. The van der Waals surface area contributed by atoms with E-state index in [4.69, 9.17) is 4.99 Å². The summed E-state index contributed by atoms with van der Waals surface area (Å²) in [4.78, 5) is 32.9. The smallest absolute Gasteiger partial charge is 0.279 e. The van der Waals surface area contributed by atoms with E-state index in [0.29, 0.717) is 15.9 Å². The molecular formula is C23H24N4O2S. The Balaban J connectivity index is 1.88. The van der Waals surface area contributed by atoms with E-state index >= 15 is 0 Å². The summed E-state index contributed by atoms with van der Waals surface area (Å²) in [5.41, 5.74) is 2.61. The van der Waals surface area contributed by atoms with E-state index in [1.54, 1.807) is 41.9 Å². The van der Waals surface area contributed by atoms with Crippen LogP contribution in [0.3, 0.4) is 0 Å². The zero-order chi connectivity index (χ0) is 21.6. The fraction of sp³-hybridized carbons (Fsp3) is 0.304. The fourth-order valence-electron chi connectivity index (χ4n) is 3.71. The molecule has 1 saturated heterocycles. The van der Waals surface area contributed by atoms with Gasteiger partial charge < -0.3 is 0 Å². The van der Waals surface area contributed by atoms with E-state index in [2.05, 4.69) is 5.10 Å². The zero-order valence-electron chi connectivity index (χ0n) is 17.8. The molecule has 1 amide bonds. The Hall–Kier alpha value is -2.93. The van der Waals surface area contributed by atoms with Crippen LogP contribution in [-0.4, -0.2) is 37.0 Å². The van der Waals surface area contributed by atoms with Gasteiger partial charge in [0.2, 0.25) is 0 Å². The van der Waals surface area contributed by atoms with Crippen LogP contribution >= 0.6 is 11.8 Å². The molecule has 1 aliphatic heterocycles. The van der Waals surface area contributed by atoms with Crippen molar-refractivity contribution in [1.29, 1.82) is 0 Å². The van der Waals surface area contributed by atoms with Crippen LogP contribution in [0.1, 0.15) is 35.5 Å². The highest BCUT2D eigenvalue weighted by atomic mass is 32.2. The van der Waals surface area contributed by atoms with Gasteiger partial charge in [0.25, 0.3) is 11.5 Å². The van der Waals surface area contributed by atoms with Gasteiger partial charge in [0.1, 0.15) is 0 Å². The third-order valence-electron chi connectivity index (χ3n) is 5.36. The highest BCUT2D eigenvalue weighted by molar-refractivity contribution is 8.14. The fourth-order valence-corrected chi connectivity index (χ4v) is 4.94. The summed E-state index contributed by atoms with van der Waals surface area (Å²) in [6.45, 7) is 8.08. The van der Waals surface area contributed by atoms with Gasteiger partial charge in [-0.1, -0.05) is 48.2 Å². The molecule has 1 fully saturated rings. The first-order valence-corrected chi connectivity index (χ1v) is 10.8. The Labute approximate surface area is 179 Å². The third kappa shape index (κ3) is 3.33. The molecule has 30 heavy (non-hydrogen) atoms. The Kier molecular flexibility index (Phi) is 5.02. The van der Waals surface area contributed by atoms with E-state index in [1.165, 1.54) is 4.68 Å². The van der Waals surface area contributed by atoms with Crippen molar-refractivity contribution in [3.8, 4) is 0 Å². The second-order valence-electron chi connectivity index (χ2n) is 8.20. The largest absolute Gasteiger partial charge is 0.281 e. The summed E-state index contributed by atoms with van der Waals surface area (Å²) in [6, 6.07) is 13.2. The van der Waals surface area contributed by atoms with E-state index in [1.807, 2.05) is 52.0 Å². The van der Waals surface area contributed by atoms with Crippen LogP contribution < -0.4 is 5.56 Å². The van der Waals surface area contributed by atoms with Crippen LogP contribution in [0, 0.1) is 13.8 Å². The molecule has 0 radical (unpaired) electrons. The van der Waals surface area contributed by atoms with Crippen molar-refractivity contribution >= 4 is 39.3 Å². The minimum absolute atomic E-state index is 0.221. The molecule has 0 unspecified atom stereocenters. The standard InChI is InChI=1S/C23H24N4O2S/c1-14-9-8-10-15(2)18(14)24-22-27(23(3,4)13-30-22)21(29)19-16-11-6-7-12-17(16)20(28)26(5)25-19/h6-12H,13H2,1-5H3. The van der Waals surface area contributed by atoms with Crippen molar-refractivity contribution < 1.29 is 4.79 Å². The monoisotopic (exact) mass is 420 g/mol. The second-order valence-corrected chi connectivity index (χ2v) is 9.14. The Bertz CT molecular complexity index is 1240. The number of fused-ring (bicyclic) bond motifs is 1. The van der Waals surface area contributed by atoms with Gasteiger partial charge in [-0.05, 0) is 44.9 Å². The average Bonchev–Trinajstić information content (AvgIpc) is 3.01. The summed E-state index contributed by atoms with van der Waals surface area (Å²) in [6.07, 6.45) is 0. The molecule has 7 heteroatoms. The Morgan fingerprint density at radius 2 is 1.70 bits per heavy atom. The maximum absolute atomic E-state index is 13.8. The van der Waals surface area contributed by atoms with Crippen LogP contribution in [0.2, 0.25) is 0 Å². The maximum atomic E-state index is 13.8. The lowest BCUT2D eigenvalue weighted by atomic mass is 10.0. The summed E-state index contributed by atoms with van der Waals surface area (Å²) < 4.78 is 1.23. The summed E-state index contributed by atoms with van der Waals surface area (Å²) in [5, 5.41) is 6.03. The summed E-state index contributed by atoms with van der Waals surface area (Å²) >= 11 is 1.56. The number of rotatable bonds is 2. The molecule has 4 rings (SSSR count). The Morgan fingerprint density at radius 1 is 1.07 bits per heavy atom. The highest BCUT2D eigenvalue weighted by Gasteiger charge is 2.43. The van der Waals surface area contributed by atoms with Crippen molar-refractivity contribution in [3.63, 3.8) is 0 Å². The van der Waals surface area contributed by atoms with Gasteiger partial charge in [0.15, 0.2) is 10.9 Å². The molecule has 1 aliphatic rings. The van der Waals surface area contributed by atoms with Crippen molar-refractivity contribution in [2.75, 3.05) is 5.75 Å². The van der Waals surface area contributed by atoms with Gasteiger partial charge in [0, 0.05) is 18.2 Å². The predicted octanol–water partition coefficient (Wildman–Crippen LogP) is 4.21. The number of amidine groups is 1. The number of aliphatic imine (C=N–C) groups is 1. The number of amides is 1. The first kappa shape index (κ1) is 20.3. The lowest BCUT2D eigenvalue weighted by Crippen LogP contribution is -2.47. The van der Waals surface area contributed by atoms with Gasteiger partial charge in [0.05, 0.1) is 16.6 Å². The average molecular weight is 421 g/mol. The molecule has 0 bridgehead atoms. The van der Waals surface area contributed by atoms with Gasteiger partial charge in [-0.25, -0.2) is 9.67 Å². The number of thioether (sulfide) groups is 1.